The fourth-order valence-electron chi connectivity index (χ4n) is 3.39. The zero-order chi connectivity index (χ0) is 26.2. The SMILES string of the molecule is CC[C@H](C)NC(=O)[C@@H](C)N(Cc1c(Cl)cccc1Cl)C(=O)CCCN(C)S(=O)(=O)c1ccccc1. The Labute approximate surface area is 218 Å². The molecule has 2 atom stereocenters. The number of amides is 2. The molecule has 2 rings (SSSR count). The number of benzene rings is 2. The lowest BCUT2D eigenvalue weighted by molar-refractivity contribution is -0.141. The van der Waals surface area contributed by atoms with Crippen LogP contribution in [0.15, 0.2) is 53.4 Å². The maximum absolute atomic E-state index is 13.3. The zero-order valence-corrected chi connectivity index (χ0v) is 22.8. The van der Waals surface area contributed by atoms with E-state index in [2.05, 4.69) is 5.32 Å². The molecule has 0 bridgehead atoms. The summed E-state index contributed by atoms with van der Waals surface area (Å²) in [7, 11) is -2.17. The van der Waals surface area contributed by atoms with E-state index >= 15 is 0 Å². The Morgan fingerprint density at radius 1 is 1.00 bits per heavy atom. The molecule has 0 radical (unpaired) electrons. The van der Waals surface area contributed by atoms with Crippen LogP contribution in [0.4, 0.5) is 0 Å². The fraction of sp³-hybridized carbons (Fsp3) is 0.440. The van der Waals surface area contributed by atoms with Crippen molar-refractivity contribution in [3.8, 4) is 0 Å². The van der Waals surface area contributed by atoms with Crippen LogP contribution in [0.25, 0.3) is 0 Å². The van der Waals surface area contributed by atoms with Gasteiger partial charge in [0, 0.05) is 48.2 Å². The van der Waals surface area contributed by atoms with Crippen LogP contribution in [0.2, 0.25) is 10.0 Å². The molecule has 2 aromatic carbocycles. The van der Waals surface area contributed by atoms with Gasteiger partial charge in [0.1, 0.15) is 6.04 Å². The fourth-order valence-corrected chi connectivity index (χ4v) is 5.14. The standard InChI is InChI=1S/C25H33Cl2N3O4S/c1-5-18(2)28-25(32)19(3)30(17-21-22(26)13-9-14-23(21)27)24(31)15-10-16-29(4)35(33,34)20-11-7-6-8-12-20/h6-9,11-14,18-19H,5,10,15-17H2,1-4H3,(H,28,32)/t18-,19+/m0/s1. The molecule has 0 aromatic heterocycles. The first-order chi connectivity index (χ1) is 16.5. The largest absolute Gasteiger partial charge is 0.352 e. The molecule has 7 nitrogen and oxygen atoms in total. The van der Waals surface area contributed by atoms with Crippen LogP contribution in [-0.2, 0) is 26.2 Å². The molecular weight excluding hydrogens is 509 g/mol. The average molecular weight is 543 g/mol. The van der Waals surface area contributed by atoms with E-state index in [4.69, 9.17) is 23.2 Å². The van der Waals surface area contributed by atoms with E-state index in [0.717, 1.165) is 6.42 Å². The van der Waals surface area contributed by atoms with Crippen molar-refractivity contribution >= 4 is 45.0 Å². The first kappa shape index (κ1) is 29.1. The van der Waals surface area contributed by atoms with Crippen molar-refractivity contribution in [2.45, 2.75) is 63.6 Å². The maximum Gasteiger partial charge on any atom is 0.242 e. The Kier molecular flexibility index (Phi) is 11.0. The number of hydrogen-bond acceptors (Lipinski definition) is 4. The van der Waals surface area contributed by atoms with Crippen LogP contribution in [0, 0.1) is 0 Å². The summed E-state index contributed by atoms with van der Waals surface area (Å²) in [5.41, 5.74) is 0.552. The first-order valence-corrected chi connectivity index (χ1v) is 13.7. The summed E-state index contributed by atoms with van der Waals surface area (Å²) in [6.07, 6.45) is 1.09. The number of hydrogen-bond donors (Lipinski definition) is 1. The molecule has 0 spiro atoms. The number of carbonyl (C=O) groups is 2. The van der Waals surface area contributed by atoms with E-state index in [-0.39, 0.29) is 48.7 Å². The van der Waals surface area contributed by atoms with Gasteiger partial charge in [-0.2, -0.15) is 0 Å². The molecule has 0 saturated carbocycles. The number of halogens is 2. The van der Waals surface area contributed by atoms with E-state index in [1.807, 2.05) is 13.8 Å². The molecule has 10 heteroatoms. The van der Waals surface area contributed by atoms with E-state index in [9.17, 15) is 18.0 Å². The van der Waals surface area contributed by atoms with Gasteiger partial charge in [0.25, 0.3) is 0 Å². The quantitative estimate of drug-likeness (QED) is 0.420. The van der Waals surface area contributed by atoms with Crippen LogP contribution in [0.3, 0.4) is 0 Å². The van der Waals surface area contributed by atoms with Crippen molar-refractivity contribution in [2.24, 2.45) is 0 Å². The van der Waals surface area contributed by atoms with Gasteiger partial charge in [-0.05, 0) is 51.0 Å². The van der Waals surface area contributed by atoms with E-state index in [1.54, 1.807) is 43.3 Å². The Hall–Kier alpha value is -2.13. The molecule has 1 N–H and O–H groups in total. The number of nitrogens with zero attached hydrogens (tertiary/aromatic N) is 2. The molecule has 0 heterocycles. The lowest BCUT2D eigenvalue weighted by Gasteiger charge is -2.30. The summed E-state index contributed by atoms with van der Waals surface area (Å²) in [5, 5.41) is 3.71. The molecule has 0 aliphatic rings. The lowest BCUT2D eigenvalue weighted by atomic mass is 10.1. The van der Waals surface area contributed by atoms with Crippen molar-refractivity contribution < 1.29 is 18.0 Å². The van der Waals surface area contributed by atoms with Crippen molar-refractivity contribution in [3.63, 3.8) is 0 Å². The summed E-state index contributed by atoms with van der Waals surface area (Å²) >= 11 is 12.7. The van der Waals surface area contributed by atoms with Gasteiger partial charge in [-0.25, -0.2) is 12.7 Å². The highest BCUT2D eigenvalue weighted by molar-refractivity contribution is 7.89. The Morgan fingerprint density at radius 2 is 1.60 bits per heavy atom. The first-order valence-electron chi connectivity index (χ1n) is 11.5. The number of rotatable bonds is 12. The third kappa shape index (κ3) is 7.93. The summed E-state index contributed by atoms with van der Waals surface area (Å²) < 4.78 is 26.7. The Balaban J connectivity index is 2.14. The second kappa shape index (κ2) is 13.3. The smallest absolute Gasteiger partial charge is 0.242 e. The van der Waals surface area contributed by atoms with Gasteiger partial charge in [-0.15, -0.1) is 0 Å². The van der Waals surface area contributed by atoms with Gasteiger partial charge in [0.05, 0.1) is 4.90 Å². The van der Waals surface area contributed by atoms with E-state index in [1.165, 1.54) is 28.4 Å². The summed E-state index contributed by atoms with van der Waals surface area (Å²) in [4.78, 5) is 27.7. The van der Waals surface area contributed by atoms with Gasteiger partial charge in [0.2, 0.25) is 21.8 Å². The van der Waals surface area contributed by atoms with Crippen LogP contribution in [-0.4, -0.2) is 55.1 Å². The molecular formula is C25H33Cl2N3O4S. The van der Waals surface area contributed by atoms with Crippen molar-refractivity contribution in [2.75, 3.05) is 13.6 Å². The molecule has 0 saturated heterocycles. The predicted molar refractivity (Wildman–Crippen MR) is 140 cm³/mol. The van der Waals surface area contributed by atoms with Gasteiger partial charge >= 0.3 is 0 Å². The zero-order valence-electron chi connectivity index (χ0n) is 20.5. The average Bonchev–Trinajstić information content (AvgIpc) is 2.83. The van der Waals surface area contributed by atoms with E-state index in [0.29, 0.717) is 15.6 Å². The summed E-state index contributed by atoms with van der Waals surface area (Å²) in [6, 6.07) is 12.4. The molecule has 0 aliphatic heterocycles. The Bertz CT molecular complexity index is 1090. The van der Waals surface area contributed by atoms with Crippen molar-refractivity contribution in [1.29, 1.82) is 0 Å². The van der Waals surface area contributed by atoms with Crippen LogP contribution < -0.4 is 5.32 Å². The van der Waals surface area contributed by atoms with Gasteiger partial charge in [-0.1, -0.05) is 54.4 Å². The van der Waals surface area contributed by atoms with Gasteiger partial charge in [0.15, 0.2) is 0 Å². The summed E-state index contributed by atoms with van der Waals surface area (Å²) in [5.74, 6) is -0.571. The predicted octanol–water partition coefficient (Wildman–Crippen LogP) is 4.73. The number of carbonyl (C=O) groups excluding carboxylic acids is 2. The monoisotopic (exact) mass is 541 g/mol. The molecule has 192 valence electrons. The Morgan fingerprint density at radius 3 is 2.17 bits per heavy atom. The van der Waals surface area contributed by atoms with Gasteiger partial charge in [-0.3, -0.25) is 9.59 Å². The minimum atomic E-state index is -3.65. The minimum Gasteiger partial charge on any atom is -0.352 e. The molecule has 0 fully saturated rings. The number of nitrogens with one attached hydrogen (secondary N) is 1. The second-order valence-corrected chi connectivity index (χ2v) is 11.3. The van der Waals surface area contributed by atoms with Crippen LogP contribution >= 0.6 is 23.2 Å². The third-order valence-corrected chi connectivity index (χ3v) is 8.45. The van der Waals surface area contributed by atoms with E-state index < -0.39 is 16.1 Å². The number of sulfonamides is 1. The highest BCUT2D eigenvalue weighted by Gasteiger charge is 2.28. The highest BCUT2D eigenvalue weighted by atomic mass is 35.5. The molecule has 35 heavy (non-hydrogen) atoms. The second-order valence-electron chi connectivity index (χ2n) is 8.46. The maximum atomic E-state index is 13.3. The third-order valence-electron chi connectivity index (χ3n) is 5.87. The topological polar surface area (TPSA) is 86.8 Å². The highest BCUT2D eigenvalue weighted by Crippen LogP contribution is 2.27. The molecule has 2 amide bonds. The normalized spacial score (nSPS) is 13.3. The summed E-state index contributed by atoms with van der Waals surface area (Å²) in [6.45, 7) is 5.72. The van der Waals surface area contributed by atoms with Crippen molar-refractivity contribution in [3.05, 3.63) is 64.1 Å². The van der Waals surface area contributed by atoms with Gasteiger partial charge < -0.3 is 10.2 Å². The van der Waals surface area contributed by atoms with Crippen LogP contribution in [0.5, 0.6) is 0 Å². The van der Waals surface area contributed by atoms with Crippen molar-refractivity contribution in [1.82, 2.24) is 14.5 Å². The lowest BCUT2D eigenvalue weighted by Crippen LogP contribution is -2.49. The molecule has 0 unspecified atom stereocenters. The molecule has 2 aromatic rings. The minimum absolute atomic E-state index is 0.0392. The van der Waals surface area contributed by atoms with Crippen LogP contribution in [0.1, 0.15) is 45.6 Å². The molecule has 0 aliphatic carbocycles.